The van der Waals surface area contributed by atoms with Gasteiger partial charge in [-0.15, -0.1) is 0 Å². The zero-order valence-corrected chi connectivity index (χ0v) is 13.4. The Kier molecular flexibility index (Phi) is 4.67. The maximum absolute atomic E-state index is 9.39. The molecule has 1 heterocycles. The summed E-state index contributed by atoms with van der Waals surface area (Å²) in [6.45, 7) is 1.73. The summed E-state index contributed by atoms with van der Waals surface area (Å²) in [5.74, 6) is 0.701. The fraction of sp³-hybridized carbons (Fsp3) is 0.333. The average Bonchev–Trinajstić information content (AvgIpc) is 2.55. The van der Waals surface area contributed by atoms with Crippen molar-refractivity contribution in [3.8, 4) is 5.75 Å². The lowest BCUT2D eigenvalue weighted by molar-refractivity contribution is 0.160. The molecule has 0 fully saturated rings. The molecular formula is C18H20ClNO2. The molecule has 1 atom stereocenters. The Bertz CT molecular complexity index is 645. The summed E-state index contributed by atoms with van der Waals surface area (Å²) in [5.41, 5.74) is 3.70. The van der Waals surface area contributed by atoms with Crippen LogP contribution in [0.5, 0.6) is 5.75 Å². The monoisotopic (exact) mass is 317 g/mol. The van der Waals surface area contributed by atoms with Crippen LogP contribution in [-0.2, 0) is 6.42 Å². The van der Waals surface area contributed by atoms with E-state index in [1.165, 1.54) is 16.7 Å². The van der Waals surface area contributed by atoms with Gasteiger partial charge in [-0.3, -0.25) is 4.90 Å². The zero-order valence-electron chi connectivity index (χ0n) is 12.6. The van der Waals surface area contributed by atoms with Gasteiger partial charge in [0.25, 0.3) is 0 Å². The number of aliphatic hydroxyl groups is 1. The van der Waals surface area contributed by atoms with E-state index in [1.807, 2.05) is 30.3 Å². The molecule has 0 saturated carbocycles. The predicted molar refractivity (Wildman–Crippen MR) is 88.7 cm³/mol. The number of fused-ring (bicyclic) bond motifs is 1. The maximum Gasteiger partial charge on any atom is 0.137 e. The SMILES string of the molecule is COc1cc2c(cc1Cl)CCN(CCO)C2c1ccccc1. The van der Waals surface area contributed by atoms with Crippen LogP contribution >= 0.6 is 11.6 Å². The van der Waals surface area contributed by atoms with Gasteiger partial charge in [0.1, 0.15) is 5.75 Å². The van der Waals surface area contributed by atoms with E-state index in [0.29, 0.717) is 17.3 Å². The molecule has 0 amide bonds. The molecule has 1 aliphatic heterocycles. The molecule has 0 spiro atoms. The number of hydrogen-bond acceptors (Lipinski definition) is 3. The van der Waals surface area contributed by atoms with Crippen LogP contribution in [0.1, 0.15) is 22.7 Å². The molecule has 3 nitrogen and oxygen atoms in total. The number of methoxy groups -OCH3 is 1. The Morgan fingerprint density at radius 1 is 1.27 bits per heavy atom. The first kappa shape index (κ1) is 15.3. The van der Waals surface area contributed by atoms with Crippen LogP contribution in [0.2, 0.25) is 5.02 Å². The number of nitrogens with zero attached hydrogens (tertiary/aromatic N) is 1. The van der Waals surface area contributed by atoms with Crippen molar-refractivity contribution >= 4 is 11.6 Å². The first-order valence-corrected chi connectivity index (χ1v) is 7.88. The first-order valence-electron chi connectivity index (χ1n) is 7.50. The minimum Gasteiger partial charge on any atom is -0.495 e. The van der Waals surface area contributed by atoms with Crippen molar-refractivity contribution in [2.24, 2.45) is 0 Å². The summed E-state index contributed by atoms with van der Waals surface area (Å²) >= 11 is 6.27. The lowest BCUT2D eigenvalue weighted by atomic mass is 9.88. The predicted octanol–water partition coefficient (Wildman–Crippen LogP) is 3.29. The molecule has 0 bridgehead atoms. The lowest BCUT2D eigenvalue weighted by Gasteiger charge is -2.37. The molecule has 0 aliphatic carbocycles. The summed E-state index contributed by atoms with van der Waals surface area (Å²) in [4.78, 5) is 2.31. The number of hydrogen-bond donors (Lipinski definition) is 1. The highest BCUT2D eigenvalue weighted by Crippen LogP contribution is 2.39. The van der Waals surface area contributed by atoms with Gasteiger partial charge in [0.15, 0.2) is 0 Å². The fourth-order valence-corrected chi connectivity index (χ4v) is 3.49. The van der Waals surface area contributed by atoms with Crippen molar-refractivity contribution in [2.45, 2.75) is 12.5 Å². The van der Waals surface area contributed by atoms with Gasteiger partial charge >= 0.3 is 0 Å². The van der Waals surface area contributed by atoms with Crippen LogP contribution in [0.15, 0.2) is 42.5 Å². The third-order valence-electron chi connectivity index (χ3n) is 4.24. The highest BCUT2D eigenvalue weighted by atomic mass is 35.5. The Labute approximate surface area is 136 Å². The Morgan fingerprint density at radius 3 is 2.73 bits per heavy atom. The molecule has 1 N–H and O–H groups in total. The van der Waals surface area contributed by atoms with E-state index < -0.39 is 0 Å². The Hall–Kier alpha value is -1.55. The molecule has 2 aromatic carbocycles. The second-order valence-corrected chi connectivity index (χ2v) is 5.92. The molecule has 1 aliphatic rings. The largest absolute Gasteiger partial charge is 0.495 e. The van der Waals surface area contributed by atoms with Gasteiger partial charge in [-0.2, -0.15) is 0 Å². The van der Waals surface area contributed by atoms with Crippen LogP contribution in [0, 0.1) is 0 Å². The third kappa shape index (κ3) is 2.84. The third-order valence-corrected chi connectivity index (χ3v) is 4.54. The van der Waals surface area contributed by atoms with Gasteiger partial charge in [-0.25, -0.2) is 0 Å². The molecule has 22 heavy (non-hydrogen) atoms. The van der Waals surface area contributed by atoms with E-state index in [2.05, 4.69) is 17.0 Å². The highest BCUT2D eigenvalue weighted by molar-refractivity contribution is 6.32. The fourth-order valence-electron chi connectivity index (χ4n) is 3.22. The van der Waals surface area contributed by atoms with Gasteiger partial charge in [0, 0.05) is 13.1 Å². The summed E-state index contributed by atoms with van der Waals surface area (Å²) in [6, 6.07) is 14.6. The van der Waals surface area contributed by atoms with Crippen LogP contribution in [0.3, 0.4) is 0 Å². The van der Waals surface area contributed by atoms with Crippen molar-refractivity contribution in [1.29, 1.82) is 0 Å². The number of aliphatic hydroxyl groups excluding tert-OH is 1. The van der Waals surface area contributed by atoms with E-state index >= 15 is 0 Å². The summed E-state index contributed by atoms with van der Waals surface area (Å²) in [6.07, 6.45) is 0.933. The van der Waals surface area contributed by atoms with Gasteiger partial charge in [-0.05, 0) is 35.2 Å². The van der Waals surface area contributed by atoms with Crippen LogP contribution in [-0.4, -0.2) is 36.8 Å². The lowest BCUT2D eigenvalue weighted by Crippen LogP contribution is -2.38. The molecule has 0 aromatic heterocycles. The number of β-amino-alcohol motifs (C(OH)–C–C–N with tert-alkyl or cyclic N) is 1. The molecular weight excluding hydrogens is 298 g/mol. The van der Waals surface area contributed by atoms with Crippen molar-refractivity contribution < 1.29 is 9.84 Å². The molecule has 3 rings (SSSR count). The molecule has 4 heteroatoms. The number of ether oxygens (including phenoxy) is 1. The molecule has 2 aromatic rings. The smallest absolute Gasteiger partial charge is 0.137 e. The maximum atomic E-state index is 9.39. The van der Waals surface area contributed by atoms with E-state index in [9.17, 15) is 5.11 Å². The Balaban J connectivity index is 2.11. The van der Waals surface area contributed by atoms with E-state index in [1.54, 1.807) is 7.11 Å². The van der Waals surface area contributed by atoms with Gasteiger partial charge < -0.3 is 9.84 Å². The van der Waals surface area contributed by atoms with E-state index in [4.69, 9.17) is 16.3 Å². The number of halogens is 1. The summed E-state index contributed by atoms with van der Waals surface area (Å²) < 4.78 is 5.39. The van der Waals surface area contributed by atoms with Crippen molar-refractivity contribution in [1.82, 2.24) is 4.90 Å². The molecule has 0 radical (unpaired) electrons. The standard InChI is InChI=1S/C18H20ClNO2/c1-22-17-12-15-14(11-16(17)19)7-8-20(9-10-21)18(15)13-5-3-2-4-6-13/h2-6,11-12,18,21H,7-10H2,1H3. The van der Waals surface area contributed by atoms with Gasteiger partial charge in [0.05, 0.1) is 24.8 Å². The molecule has 1 unspecified atom stereocenters. The second-order valence-electron chi connectivity index (χ2n) is 5.51. The highest BCUT2D eigenvalue weighted by Gasteiger charge is 2.29. The normalized spacial score (nSPS) is 18.0. The van der Waals surface area contributed by atoms with E-state index in [-0.39, 0.29) is 12.6 Å². The number of rotatable bonds is 4. The van der Waals surface area contributed by atoms with Crippen molar-refractivity contribution in [2.75, 3.05) is 26.8 Å². The number of benzene rings is 2. The van der Waals surface area contributed by atoms with Gasteiger partial charge in [-0.1, -0.05) is 41.9 Å². The zero-order chi connectivity index (χ0) is 15.5. The van der Waals surface area contributed by atoms with Crippen LogP contribution < -0.4 is 4.74 Å². The minimum atomic E-state index is 0.128. The second kappa shape index (κ2) is 6.69. The quantitative estimate of drug-likeness (QED) is 0.939. The van der Waals surface area contributed by atoms with Crippen molar-refractivity contribution in [3.63, 3.8) is 0 Å². The van der Waals surface area contributed by atoms with Crippen LogP contribution in [0.4, 0.5) is 0 Å². The Morgan fingerprint density at radius 2 is 2.05 bits per heavy atom. The van der Waals surface area contributed by atoms with Crippen LogP contribution in [0.25, 0.3) is 0 Å². The average molecular weight is 318 g/mol. The topological polar surface area (TPSA) is 32.7 Å². The van der Waals surface area contributed by atoms with Gasteiger partial charge in [0.2, 0.25) is 0 Å². The summed E-state index contributed by atoms with van der Waals surface area (Å²) in [5, 5.41) is 10.0. The first-order chi connectivity index (χ1) is 10.7. The molecule has 0 saturated heterocycles. The van der Waals surface area contributed by atoms with E-state index in [0.717, 1.165) is 13.0 Å². The molecule has 116 valence electrons. The summed E-state index contributed by atoms with van der Waals surface area (Å²) in [7, 11) is 1.64. The van der Waals surface area contributed by atoms with Crippen molar-refractivity contribution in [3.05, 3.63) is 64.2 Å². The minimum absolute atomic E-state index is 0.128.